The fourth-order valence-corrected chi connectivity index (χ4v) is 2.51. The smallest absolute Gasteiger partial charge is 0.197 e. The SMILES string of the molecule is CC1CCC(c2nc(Cl)c(F)c(Cl)n2)CC1. The van der Waals surface area contributed by atoms with Gasteiger partial charge in [0.25, 0.3) is 0 Å². The summed E-state index contributed by atoms with van der Waals surface area (Å²) in [4.78, 5) is 7.95. The summed E-state index contributed by atoms with van der Waals surface area (Å²) in [7, 11) is 0. The summed E-state index contributed by atoms with van der Waals surface area (Å²) >= 11 is 11.3. The zero-order valence-electron chi connectivity index (χ0n) is 9.01. The first-order valence-electron chi connectivity index (χ1n) is 5.46. The molecule has 0 spiro atoms. The molecular formula is C11H13Cl2FN2. The molecule has 1 fully saturated rings. The third-order valence-electron chi connectivity index (χ3n) is 3.17. The number of hydrogen-bond donors (Lipinski definition) is 0. The van der Waals surface area contributed by atoms with Crippen LogP contribution in [0.4, 0.5) is 4.39 Å². The summed E-state index contributed by atoms with van der Waals surface area (Å²) < 4.78 is 13.2. The van der Waals surface area contributed by atoms with Crippen molar-refractivity contribution in [3.05, 3.63) is 21.9 Å². The van der Waals surface area contributed by atoms with Crippen molar-refractivity contribution in [3.8, 4) is 0 Å². The molecule has 0 unspecified atom stereocenters. The minimum Gasteiger partial charge on any atom is -0.218 e. The fourth-order valence-electron chi connectivity index (χ4n) is 2.11. The highest BCUT2D eigenvalue weighted by molar-refractivity contribution is 6.33. The lowest BCUT2D eigenvalue weighted by Crippen LogP contribution is -2.14. The van der Waals surface area contributed by atoms with Crippen LogP contribution in [0.3, 0.4) is 0 Å². The maximum Gasteiger partial charge on any atom is 0.197 e. The first kappa shape index (κ1) is 12.1. The third-order valence-corrected chi connectivity index (χ3v) is 3.67. The van der Waals surface area contributed by atoms with Crippen molar-refractivity contribution in [2.75, 3.05) is 0 Å². The van der Waals surface area contributed by atoms with Gasteiger partial charge in [0.2, 0.25) is 0 Å². The number of nitrogens with zero attached hydrogens (tertiary/aromatic N) is 2. The molecule has 1 heterocycles. The van der Waals surface area contributed by atoms with Crippen LogP contribution in [-0.4, -0.2) is 9.97 Å². The molecule has 0 bridgehead atoms. The van der Waals surface area contributed by atoms with E-state index in [0.717, 1.165) is 31.6 Å². The Hall–Kier alpha value is -0.410. The first-order chi connectivity index (χ1) is 7.58. The Morgan fingerprint density at radius 3 is 2.06 bits per heavy atom. The highest BCUT2D eigenvalue weighted by atomic mass is 35.5. The molecule has 0 aliphatic heterocycles. The van der Waals surface area contributed by atoms with Crippen LogP contribution in [0.5, 0.6) is 0 Å². The Morgan fingerprint density at radius 1 is 1.06 bits per heavy atom. The largest absolute Gasteiger partial charge is 0.218 e. The molecule has 0 amide bonds. The van der Waals surface area contributed by atoms with Gasteiger partial charge in [0, 0.05) is 5.92 Å². The fraction of sp³-hybridized carbons (Fsp3) is 0.636. The van der Waals surface area contributed by atoms with Gasteiger partial charge in [-0.2, -0.15) is 0 Å². The molecule has 1 saturated carbocycles. The topological polar surface area (TPSA) is 25.8 Å². The maximum absolute atomic E-state index is 13.2. The van der Waals surface area contributed by atoms with Gasteiger partial charge < -0.3 is 0 Å². The van der Waals surface area contributed by atoms with Crippen LogP contribution >= 0.6 is 23.2 Å². The van der Waals surface area contributed by atoms with E-state index in [1.807, 2.05) is 0 Å². The van der Waals surface area contributed by atoms with Crippen LogP contribution in [0.25, 0.3) is 0 Å². The van der Waals surface area contributed by atoms with Crippen LogP contribution in [-0.2, 0) is 0 Å². The van der Waals surface area contributed by atoms with Crippen LogP contribution in [0, 0.1) is 11.7 Å². The van der Waals surface area contributed by atoms with Crippen molar-refractivity contribution in [2.24, 2.45) is 5.92 Å². The van der Waals surface area contributed by atoms with Gasteiger partial charge in [-0.3, -0.25) is 0 Å². The van der Waals surface area contributed by atoms with E-state index < -0.39 is 5.82 Å². The number of aromatic nitrogens is 2. The summed E-state index contributed by atoms with van der Waals surface area (Å²) in [6.07, 6.45) is 4.36. The van der Waals surface area contributed by atoms with Gasteiger partial charge in [-0.05, 0) is 18.8 Å². The van der Waals surface area contributed by atoms with E-state index >= 15 is 0 Å². The summed E-state index contributed by atoms with van der Waals surface area (Å²) in [5.41, 5.74) is 0. The first-order valence-corrected chi connectivity index (χ1v) is 6.22. The average Bonchev–Trinajstić information content (AvgIpc) is 2.26. The molecule has 1 aliphatic carbocycles. The van der Waals surface area contributed by atoms with E-state index in [9.17, 15) is 4.39 Å². The molecule has 1 aliphatic rings. The zero-order chi connectivity index (χ0) is 11.7. The van der Waals surface area contributed by atoms with Crippen LogP contribution in [0.1, 0.15) is 44.3 Å². The summed E-state index contributed by atoms with van der Waals surface area (Å²) in [6.45, 7) is 2.24. The molecule has 0 aromatic carbocycles. The van der Waals surface area contributed by atoms with Gasteiger partial charge >= 0.3 is 0 Å². The van der Waals surface area contributed by atoms with Gasteiger partial charge in [-0.15, -0.1) is 0 Å². The standard InChI is InChI=1S/C11H13Cl2FN2/c1-6-2-4-7(5-3-6)11-15-9(12)8(14)10(13)16-11/h6-7H,2-5H2,1H3. The van der Waals surface area contributed by atoms with Crippen molar-refractivity contribution in [2.45, 2.75) is 38.5 Å². The molecule has 2 nitrogen and oxygen atoms in total. The monoisotopic (exact) mass is 262 g/mol. The number of rotatable bonds is 1. The Balaban J connectivity index is 2.21. The van der Waals surface area contributed by atoms with E-state index in [-0.39, 0.29) is 16.2 Å². The third kappa shape index (κ3) is 2.46. The Bertz CT molecular complexity index is 367. The highest BCUT2D eigenvalue weighted by Crippen LogP contribution is 2.35. The van der Waals surface area contributed by atoms with Crippen molar-refractivity contribution in [3.63, 3.8) is 0 Å². The van der Waals surface area contributed by atoms with Gasteiger partial charge in [0.15, 0.2) is 16.1 Å². The lowest BCUT2D eigenvalue weighted by molar-refractivity contribution is 0.339. The lowest BCUT2D eigenvalue weighted by atomic mass is 9.82. The summed E-state index contributed by atoms with van der Waals surface area (Å²) in [5, 5.41) is -0.345. The second-order valence-electron chi connectivity index (χ2n) is 4.43. The van der Waals surface area contributed by atoms with Gasteiger partial charge in [-0.25, -0.2) is 14.4 Å². The molecule has 0 radical (unpaired) electrons. The second-order valence-corrected chi connectivity index (χ2v) is 5.15. The molecule has 0 saturated heterocycles. The molecule has 88 valence electrons. The number of hydrogen-bond acceptors (Lipinski definition) is 2. The van der Waals surface area contributed by atoms with Crippen LogP contribution in [0.15, 0.2) is 0 Å². The summed E-state index contributed by atoms with van der Waals surface area (Å²) in [6, 6.07) is 0. The molecule has 0 atom stereocenters. The van der Waals surface area contributed by atoms with E-state index in [1.165, 1.54) is 0 Å². The van der Waals surface area contributed by atoms with Crippen molar-refractivity contribution in [1.82, 2.24) is 9.97 Å². The molecule has 16 heavy (non-hydrogen) atoms. The second kappa shape index (κ2) is 4.84. The predicted molar refractivity (Wildman–Crippen MR) is 62.4 cm³/mol. The Labute approximate surface area is 104 Å². The maximum atomic E-state index is 13.2. The molecule has 1 aromatic rings. The van der Waals surface area contributed by atoms with Crippen LogP contribution in [0.2, 0.25) is 10.3 Å². The van der Waals surface area contributed by atoms with E-state index in [2.05, 4.69) is 16.9 Å². The quantitative estimate of drug-likeness (QED) is 0.709. The van der Waals surface area contributed by atoms with E-state index in [1.54, 1.807) is 0 Å². The average molecular weight is 263 g/mol. The molecular weight excluding hydrogens is 250 g/mol. The molecule has 5 heteroatoms. The Morgan fingerprint density at radius 2 is 1.56 bits per heavy atom. The normalized spacial score (nSPS) is 25.8. The van der Waals surface area contributed by atoms with E-state index in [4.69, 9.17) is 23.2 Å². The Kier molecular flexibility index (Phi) is 3.65. The number of halogens is 3. The molecule has 0 N–H and O–H groups in total. The minimum atomic E-state index is -0.726. The summed E-state index contributed by atoms with van der Waals surface area (Å²) in [5.74, 6) is 0.883. The van der Waals surface area contributed by atoms with Crippen molar-refractivity contribution >= 4 is 23.2 Å². The van der Waals surface area contributed by atoms with Crippen LogP contribution < -0.4 is 0 Å². The molecule has 1 aromatic heterocycles. The highest BCUT2D eigenvalue weighted by Gasteiger charge is 2.23. The zero-order valence-corrected chi connectivity index (χ0v) is 10.5. The predicted octanol–water partition coefficient (Wildman–Crippen LogP) is 4.22. The van der Waals surface area contributed by atoms with Gasteiger partial charge in [-0.1, -0.05) is 43.0 Å². The lowest BCUT2D eigenvalue weighted by Gasteiger charge is -2.25. The minimum absolute atomic E-state index is 0.173. The van der Waals surface area contributed by atoms with Gasteiger partial charge in [0.05, 0.1) is 0 Å². The van der Waals surface area contributed by atoms with E-state index in [0.29, 0.717) is 5.82 Å². The van der Waals surface area contributed by atoms with Crippen molar-refractivity contribution < 1.29 is 4.39 Å². The van der Waals surface area contributed by atoms with Crippen molar-refractivity contribution in [1.29, 1.82) is 0 Å². The molecule has 2 rings (SSSR count). The van der Waals surface area contributed by atoms with Gasteiger partial charge in [0.1, 0.15) is 5.82 Å².